The molecule has 0 unspecified atom stereocenters. The molecule has 26 heavy (non-hydrogen) atoms. The Balaban J connectivity index is 1.49. The Morgan fingerprint density at radius 1 is 1.27 bits per heavy atom. The number of carbonyl (C=O) groups excluding carboxylic acids is 1. The molecule has 1 aliphatic carbocycles. The smallest absolute Gasteiger partial charge is 0.410 e. The molecule has 2 fully saturated rings. The Labute approximate surface area is 153 Å². The van der Waals surface area contributed by atoms with Gasteiger partial charge in [-0.2, -0.15) is 0 Å². The van der Waals surface area contributed by atoms with Gasteiger partial charge in [-0.3, -0.25) is 4.40 Å². The average molecular weight is 358 g/mol. The van der Waals surface area contributed by atoms with Crippen molar-refractivity contribution in [3.8, 4) is 5.75 Å². The minimum atomic E-state index is -0.483. The third-order valence-electron chi connectivity index (χ3n) is 4.76. The van der Waals surface area contributed by atoms with Crippen LogP contribution in [-0.4, -0.2) is 50.4 Å². The highest BCUT2D eigenvalue weighted by Gasteiger charge is 2.31. The number of amides is 1. The summed E-state index contributed by atoms with van der Waals surface area (Å²) in [5.41, 5.74) is 1.51. The van der Waals surface area contributed by atoms with E-state index < -0.39 is 5.60 Å². The molecular weight excluding hydrogens is 332 g/mol. The maximum Gasteiger partial charge on any atom is 0.410 e. The predicted molar refractivity (Wildman–Crippen MR) is 96.4 cm³/mol. The summed E-state index contributed by atoms with van der Waals surface area (Å²) < 4.78 is 13.8. The number of hydrogen-bond acceptors (Lipinski definition) is 5. The highest BCUT2D eigenvalue weighted by molar-refractivity contribution is 5.68. The number of aromatic nitrogens is 3. The molecule has 0 aromatic carbocycles. The fourth-order valence-electron chi connectivity index (χ4n) is 3.38. The van der Waals surface area contributed by atoms with Crippen molar-refractivity contribution in [2.45, 2.75) is 64.1 Å². The quantitative estimate of drug-likeness (QED) is 0.841. The lowest BCUT2D eigenvalue weighted by Crippen LogP contribution is -2.46. The molecule has 7 heteroatoms. The van der Waals surface area contributed by atoms with Gasteiger partial charge in [0.05, 0.1) is 6.54 Å². The third kappa shape index (κ3) is 3.76. The van der Waals surface area contributed by atoms with Crippen LogP contribution in [0.1, 0.15) is 57.9 Å². The first-order valence-corrected chi connectivity index (χ1v) is 9.37. The SMILES string of the molecule is CC(C)(C)OC(=O)N1CCC[C@@H](Oc2cc3nncn3cc2C2CC2)C1. The molecule has 0 radical (unpaired) electrons. The number of fused-ring (bicyclic) bond motifs is 1. The summed E-state index contributed by atoms with van der Waals surface area (Å²) in [5, 5.41) is 8.09. The van der Waals surface area contributed by atoms with Gasteiger partial charge in [0.25, 0.3) is 0 Å². The second-order valence-corrected chi connectivity index (χ2v) is 8.27. The summed E-state index contributed by atoms with van der Waals surface area (Å²) in [4.78, 5) is 14.1. The molecule has 1 amide bonds. The highest BCUT2D eigenvalue weighted by atomic mass is 16.6. The number of carbonyl (C=O) groups is 1. The molecule has 4 rings (SSSR count). The zero-order valence-corrected chi connectivity index (χ0v) is 15.6. The van der Waals surface area contributed by atoms with E-state index in [1.807, 2.05) is 31.2 Å². The first kappa shape index (κ1) is 17.1. The maximum absolute atomic E-state index is 12.4. The predicted octanol–water partition coefficient (Wildman–Crippen LogP) is 3.39. The van der Waals surface area contributed by atoms with Crippen LogP contribution in [0.15, 0.2) is 18.6 Å². The van der Waals surface area contributed by atoms with Crippen LogP contribution < -0.4 is 4.74 Å². The number of rotatable bonds is 3. The van der Waals surface area contributed by atoms with Gasteiger partial charge in [-0.05, 0) is 52.4 Å². The number of hydrogen-bond donors (Lipinski definition) is 0. The van der Waals surface area contributed by atoms with Crippen LogP contribution in [-0.2, 0) is 4.74 Å². The van der Waals surface area contributed by atoms with Crippen LogP contribution in [0.5, 0.6) is 5.75 Å². The van der Waals surface area contributed by atoms with Gasteiger partial charge in [-0.15, -0.1) is 10.2 Å². The van der Waals surface area contributed by atoms with Crippen molar-refractivity contribution in [1.29, 1.82) is 0 Å². The van der Waals surface area contributed by atoms with Gasteiger partial charge in [0.1, 0.15) is 23.8 Å². The van der Waals surface area contributed by atoms with Crippen LogP contribution in [0, 0.1) is 0 Å². The second kappa shape index (κ2) is 6.45. The lowest BCUT2D eigenvalue weighted by molar-refractivity contribution is 0.00766. The Morgan fingerprint density at radius 2 is 2.08 bits per heavy atom. The van der Waals surface area contributed by atoms with Crippen molar-refractivity contribution < 1.29 is 14.3 Å². The van der Waals surface area contributed by atoms with Gasteiger partial charge in [0.15, 0.2) is 5.65 Å². The standard InChI is InChI=1S/C19H26N4O3/c1-19(2,3)26-18(24)22-8-4-5-14(10-22)25-16-9-17-21-20-12-23(17)11-15(16)13-6-7-13/h9,11-14H,4-8,10H2,1-3H3/t14-/m1/s1. The average Bonchev–Trinajstić information content (AvgIpc) is 3.31. The van der Waals surface area contributed by atoms with E-state index in [4.69, 9.17) is 9.47 Å². The van der Waals surface area contributed by atoms with Gasteiger partial charge < -0.3 is 14.4 Å². The lowest BCUT2D eigenvalue weighted by Gasteiger charge is -2.34. The molecule has 3 heterocycles. The molecule has 2 aliphatic rings. The van der Waals surface area contributed by atoms with Crippen LogP contribution in [0.4, 0.5) is 4.79 Å². The second-order valence-electron chi connectivity index (χ2n) is 8.27. The van der Waals surface area contributed by atoms with E-state index in [1.54, 1.807) is 11.2 Å². The molecule has 0 N–H and O–H groups in total. The Hall–Kier alpha value is -2.31. The largest absolute Gasteiger partial charge is 0.488 e. The number of ether oxygens (including phenoxy) is 2. The van der Waals surface area contributed by atoms with E-state index in [-0.39, 0.29) is 12.2 Å². The normalized spacial score (nSPS) is 21.0. The van der Waals surface area contributed by atoms with Crippen molar-refractivity contribution in [3.63, 3.8) is 0 Å². The number of pyridine rings is 1. The third-order valence-corrected chi connectivity index (χ3v) is 4.76. The lowest BCUT2D eigenvalue weighted by atomic mass is 10.1. The molecule has 2 aromatic heterocycles. The topological polar surface area (TPSA) is 69.0 Å². The minimum Gasteiger partial charge on any atom is -0.488 e. The Morgan fingerprint density at radius 3 is 2.81 bits per heavy atom. The van der Waals surface area contributed by atoms with Crippen molar-refractivity contribution >= 4 is 11.7 Å². The van der Waals surface area contributed by atoms with Gasteiger partial charge in [-0.25, -0.2) is 4.79 Å². The van der Waals surface area contributed by atoms with E-state index in [9.17, 15) is 4.79 Å². The van der Waals surface area contributed by atoms with E-state index in [1.165, 1.54) is 18.4 Å². The van der Waals surface area contributed by atoms with Crippen LogP contribution in [0.25, 0.3) is 5.65 Å². The van der Waals surface area contributed by atoms with E-state index >= 15 is 0 Å². The summed E-state index contributed by atoms with van der Waals surface area (Å²) in [6, 6.07) is 1.97. The zero-order chi connectivity index (χ0) is 18.3. The monoisotopic (exact) mass is 358 g/mol. The number of nitrogens with zero attached hydrogens (tertiary/aromatic N) is 4. The van der Waals surface area contributed by atoms with E-state index in [0.29, 0.717) is 19.0 Å². The zero-order valence-electron chi connectivity index (χ0n) is 15.6. The molecule has 7 nitrogen and oxygen atoms in total. The van der Waals surface area contributed by atoms with Crippen LogP contribution in [0.2, 0.25) is 0 Å². The fourth-order valence-corrected chi connectivity index (χ4v) is 3.38. The van der Waals surface area contributed by atoms with E-state index in [2.05, 4.69) is 16.4 Å². The van der Waals surface area contributed by atoms with Gasteiger partial charge >= 0.3 is 6.09 Å². The molecule has 140 valence electrons. The Bertz CT molecular complexity index is 807. The van der Waals surface area contributed by atoms with Crippen molar-refractivity contribution in [1.82, 2.24) is 19.5 Å². The van der Waals surface area contributed by atoms with E-state index in [0.717, 1.165) is 24.2 Å². The number of likely N-dealkylation sites (tertiary alicyclic amines) is 1. The summed E-state index contributed by atoms with van der Waals surface area (Å²) in [6.45, 7) is 6.93. The molecule has 1 saturated heterocycles. The minimum absolute atomic E-state index is 0.0286. The van der Waals surface area contributed by atoms with Crippen molar-refractivity contribution in [2.75, 3.05) is 13.1 Å². The molecule has 0 bridgehead atoms. The van der Waals surface area contributed by atoms with Gasteiger partial charge in [-0.1, -0.05) is 0 Å². The van der Waals surface area contributed by atoms with Gasteiger partial charge in [0.2, 0.25) is 0 Å². The molecule has 0 spiro atoms. The first-order chi connectivity index (χ1) is 12.4. The number of piperidine rings is 1. The van der Waals surface area contributed by atoms with Crippen molar-refractivity contribution in [3.05, 3.63) is 24.2 Å². The van der Waals surface area contributed by atoms with Crippen molar-refractivity contribution in [2.24, 2.45) is 0 Å². The fraction of sp³-hybridized carbons (Fsp3) is 0.632. The first-order valence-electron chi connectivity index (χ1n) is 9.37. The van der Waals surface area contributed by atoms with Crippen LogP contribution >= 0.6 is 0 Å². The highest BCUT2D eigenvalue weighted by Crippen LogP contribution is 2.44. The van der Waals surface area contributed by atoms with Crippen LogP contribution in [0.3, 0.4) is 0 Å². The summed E-state index contributed by atoms with van der Waals surface area (Å²) in [7, 11) is 0. The molecular formula is C19H26N4O3. The summed E-state index contributed by atoms with van der Waals surface area (Å²) in [5.74, 6) is 1.44. The van der Waals surface area contributed by atoms with Gasteiger partial charge in [0, 0.05) is 24.4 Å². The molecule has 2 aromatic rings. The maximum atomic E-state index is 12.4. The summed E-state index contributed by atoms with van der Waals surface area (Å²) >= 11 is 0. The summed E-state index contributed by atoms with van der Waals surface area (Å²) in [6.07, 6.45) is 7.74. The molecule has 1 aliphatic heterocycles. The molecule has 1 saturated carbocycles. The Kier molecular flexibility index (Phi) is 4.25. The molecule has 1 atom stereocenters.